The summed E-state index contributed by atoms with van der Waals surface area (Å²) < 4.78 is 0. The number of hydrogen-bond acceptors (Lipinski definition) is 2. The molecule has 2 heterocycles. The fourth-order valence-electron chi connectivity index (χ4n) is 3.60. The van der Waals surface area contributed by atoms with E-state index in [2.05, 4.69) is 13.8 Å². The van der Waals surface area contributed by atoms with Crippen LogP contribution in [0.25, 0.3) is 0 Å². The molecule has 3 aliphatic rings. The Balaban J connectivity index is 1.73. The van der Waals surface area contributed by atoms with Gasteiger partial charge in [0, 0.05) is 17.5 Å². The standard InChI is InChI=1S/C15H19NOS/c1-9(2)16-6-3-10-11-7-15(4-5-15)8-12(11)18-13(10)14(16)17/h9H,3-8H2,1-2H3. The van der Waals surface area contributed by atoms with Crippen molar-refractivity contribution >= 4 is 17.2 Å². The zero-order valence-corrected chi connectivity index (χ0v) is 11.9. The highest BCUT2D eigenvalue weighted by Crippen LogP contribution is 2.58. The molecule has 1 spiro atoms. The van der Waals surface area contributed by atoms with Crippen LogP contribution in [-0.4, -0.2) is 23.4 Å². The van der Waals surface area contributed by atoms with Crippen LogP contribution in [0.3, 0.4) is 0 Å². The Hall–Kier alpha value is -0.830. The predicted octanol–water partition coefficient (Wildman–Crippen LogP) is 3.03. The fourth-order valence-corrected chi connectivity index (χ4v) is 5.10. The van der Waals surface area contributed by atoms with E-state index in [9.17, 15) is 4.79 Å². The first-order chi connectivity index (χ1) is 8.60. The molecule has 1 aliphatic heterocycles. The maximum absolute atomic E-state index is 12.5. The largest absolute Gasteiger partial charge is 0.335 e. The molecule has 3 heteroatoms. The van der Waals surface area contributed by atoms with E-state index in [0.717, 1.165) is 17.8 Å². The fraction of sp³-hybridized carbons (Fsp3) is 0.667. The summed E-state index contributed by atoms with van der Waals surface area (Å²) >= 11 is 1.80. The van der Waals surface area contributed by atoms with Gasteiger partial charge in [0.25, 0.3) is 5.91 Å². The highest BCUT2D eigenvalue weighted by molar-refractivity contribution is 7.14. The second-order valence-electron chi connectivity index (χ2n) is 6.51. The van der Waals surface area contributed by atoms with Crippen LogP contribution in [-0.2, 0) is 19.3 Å². The van der Waals surface area contributed by atoms with Gasteiger partial charge in [-0.15, -0.1) is 11.3 Å². The lowest BCUT2D eigenvalue weighted by Crippen LogP contribution is -2.41. The minimum Gasteiger partial charge on any atom is -0.335 e. The van der Waals surface area contributed by atoms with Crippen LogP contribution in [0.4, 0.5) is 0 Å². The first-order valence-electron chi connectivity index (χ1n) is 7.04. The topological polar surface area (TPSA) is 20.3 Å². The van der Waals surface area contributed by atoms with Gasteiger partial charge in [-0.25, -0.2) is 0 Å². The van der Waals surface area contributed by atoms with Crippen molar-refractivity contribution in [2.45, 2.75) is 52.0 Å². The minimum atomic E-state index is 0.287. The number of carbonyl (C=O) groups is 1. The lowest BCUT2D eigenvalue weighted by molar-refractivity contribution is 0.0694. The van der Waals surface area contributed by atoms with Crippen molar-refractivity contribution < 1.29 is 4.79 Å². The zero-order valence-electron chi connectivity index (χ0n) is 11.1. The second-order valence-corrected chi connectivity index (χ2v) is 7.61. The predicted molar refractivity (Wildman–Crippen MR) is 73.3 cm³/mol. The lowest BCUT2D eigenvalue weighted by Gasteiger charge is -2.30. The number of fused-ring (bicyclic) bond motifs is 3. The van der Waals surface area contributed by atoms with Crippen LogP contribution < -0.4 is 0 Å². The third-order valence-corrected chi connectivity index (χ3v) is 6.19. The van der Waals surface area contributed by atoms with Crippen molar-refractivity contribution in [3.05, 3.63) is 20.9 Å². The molecule has 1 fully saturated rings. The molecular formula is C15H19NOS. The minimum absolute atomic E-state index is 0.287. The average molecular weight is 261 g/mol. The number of rotatable bonds is 1. The molecule has 1 aromatic heterocycles. The summed E-state index contributed by atoms with van der Waals surface area (Å²) in [4.78, 5) is 17.1. The van der Waals surface area contributed by atoms with Crippen molar-refractivity contribution in [1.29, 1.82) is 0 Å². The summed E-state index contributed by atoms with van der Waals surface area (Å²) in [7, 11) is 0. The van der Waals surface area contributed by atoms with Crippen LogP contribution in [0.2, 0.25) is 0 Å². The molecule has 96 valence electrons. The molecule has 2 aliphatic carbocycles. The summed E-state index contributed by atoms with van der Waals surface area (Å²) in [5, 5.41) is 0. The summed E-state index contributed by atoms with van der Waals surface area (Å²) in [6, 6.07) is 0.331. The van der Waals surface area contributed by atoms with Gasteiger partial charge in [0.2, 0.25) is 0 Å². The third-order valence-electron chi connectivity index (χ3n) is 4.93. The Bertz CT molecular complexity index is 539. The Morgan fingerprint density at radius 2 is 2.00 bits per heavy atom. The van der Waals surface area contributed by atoms with E-state index in [4.69, 9.17) is 0 Å². The smallest absolute Gasteiger partial charge is 0.264 e. The van der Waals surface area contributed by atoms with E-state index in [0.29, 0.717) is 11.5 Å². The lowest BCUT2D eigenvalue weighted by atomic mass is 9.98. The van der Waals surface area contributed by atoms with Gasteiger partial charge in [0.05, 0.1) is 4.88 Å². The molecule has 0 unspecified atom stereocenters. The number of nitrogens with zero attached hydrogens (tertiary/aromatic N) is 1. The van der Waals surface area contributed by atoms with Gasteiger partial charge in [-0.2, -0.15) is 0 Å². The number of amides is 1. The Labute approximate surface area is 112 Å². The number of carbonyl (C=O) groups excluding carboxylic acids is 1. The molecule has 1 amide bonds. The summed E-state index contributed by atoms with van der Waals surface area (Å²) in [6.45, 7) is 5.15. The van der Waals surface area contributed by atoms with Gasteiger partial charge in [-0.1, -0.05) is 0 Å². The highest BCUT2D eigenvalue weighted by Gasteiger charge is 2.49. The molecule has 0 saturated heterocycles. The molecule has 2 nitrogen and oxygen atoms in total. The van der Waals surface area contributed by atoms with E-state index >= 15 is 0 Å². The van der Waals surface area contributed by atoms with Gasteiger partial charge in [0.1, 0.15) is 0 Å². The van der Waals surface area contributed by atoms with Crippen molar-refractivity contribution in [3.8, 4) is 0 Å². The van der Waals surface area contributed by atoms with E-state index in [1.807, 2.05) is 4.90 Å². The van der Waals surface area contributed by atoms with Gasteiger partial charge in [-0.05, 0) is 62.5 Å². The quantitative estimate of drug-likeness (QED) is 0.761. The maximum Gasteiger partial charge on any atom is 0.264 e. The highest BCUT2D eigenvalue weighted by atomic mass is 32.1. The molecular weight excluding hydrogens is 242 g/mol. The van der Waals surface area contributed by atoms with Crippen molar-refractivity contribution in [2.75, 3.05) is 6.54 Å². The molecule has 0 N–H and O–H groups in total. The molecule has 1 saturated carbocycles. The van der Waals surface area contributed by atoms with Gasteiger partial charge >= 0.3 is 0 Å². The molecule has 0 radical (unpaired) electrons. The average Bonchev–Trinajstić information content (AvgIpc) is 2.82. The Kier molecular flexibility index (Phi) is 2.07. The molecule has 0 aromatic carbocycles. The molecule has 0 bridgehead atoms. The maximum atomic E-state index is 12.5. The van der Waals surface area contributed by atoms with Crippen LogP contribution in [0, 0.1) is 5.41 Å². The number of thiophene rings is 1. The van der Waals surface area contributed by atoms with Crippen molar-refractivity contribution in [1.82, 2.24) is 4.90 Å². The summed E-state index contributed by atoms with van der Waals surface area (Å²) in [5.41, 5.74) is 3.64. The van der Waals surface area contributed by atoms with Crippen molar-refractivity contribution in [2.24, 2.45) is 5.41 Å². The normalized spacial score (nSPS) is 23.7. The van der Waals surface area contributed by atoms with Gasteiger partial charge in [-0.3, -0.25) is 4.79 Å². The van der Waals surface area contributed by atoms with E-state index in [-0.39, 0.29) is 5.91 Å². The monoisotopic (exact) mass is 261 g/mol. The van der Waals surface area contributed by atoms with Crippen LogP contribution in [0.15, 0.2) is 0 Å². The van der Waals surface area contributed by atoms with E-state index < -0.39 is 0 Å². The third kappa shape index (κ3) is 1.37. The first-order valence-corrected chi connectivity index (χ1v) is 7.86. The van der Waals surface area contributed by atoms with E-state index in [1.54, 1.807) is 16.9 Å². The Morgan fingerprint density at radius 3 is 2.67 bits per heavy atom. The molecule has 1 aromatic rings. The van der Waals surface area contributed by atoms with E-state index in [1.165, 1.54) is 36.1 Å². The number of hydrogen-bond donors (Lipinski definition) is 0. The Morgan fingerprint density at radius 1 is 1.22 bits per heavy atom. The molecule has 18 heavy (non-hydrogen) atoms. The van der Waals surface area contributed by atoms with Crippen LogP contribution in [0.5, 0.6) is 0 Å². The van der Waals surface area contributed by atoms with Gasteiger partial charge in [0.15, 0.2) is 0 Å². The molecule has 4 rings (SSSR count). The van der Waals surface area contributed by atoms with Crippen molar-refractivity contribution in [3.63, 3.8) is 0 Å². The zero-order chi connectivity index (χ0) is 12.5. The van der Waals surface area contributed by atoms with Crippen LogP contribution in [0.1, 0.15) is 52.4 Å². The second kappa shape index (κ2) is 3.38. The van der Waals surface area contributed by atoms with Crippen LogP contribution >= 0.6 is 11.3 Å². The van der Waals surface area contributed by atoms with Gasteiger partial charge < -0.3 is 4.90 Å². The SMILES string of the molecule is CC(C)N1CCc2c(sc3c2CC2(CC2)C3)C1=O. The first kappa shape index (κ1) is 11.0. The summed E-state index contributed by atoms with van der Waals surface area (Å²) in [5.74, 6) is 0.287. The summed E-state index contributed by atoms with van der Waals surface area (Å²) in [6.07, 6.45) is 6.43. The molecule has 0 atom stereocenters.